The lowest BCUT2D eigenvalue weighted by Gasteiger charge is -2.37. The summed E-state index contributed by atoms with van der Waals surface area (Å²) in [5, 5.41) is 14.0. The number of fused-ring (bicyclic) bond motifs is 1. The molecule has 1 fully saturated rings. The van der Waals surface area contributed by atoms with Crippen LogP contribution in [0.1, 0.15) is 28.8 Å². The van der Waals surface area contributed by atoms with Crippen LogP contribution in [0.25, 0.3) is 17.0 Å². The van der Waals surface area contributed by atoms with E-state index in [0.29, 0.717) is 6.54 Å². The molecule has 7 heteroatoms. The predicted molar refractivity (Wildman–Crippen MR) is 145 cm³/mol. The smallest absolute Gasteiger partial charge is 0.176 e. The van der Waals surface area contributed by atoms with Gasteiger partial charge in [0.05, 0.1) is 6.54 Å². The maximum absolute atomic E-state index is 6.38. The van der Waals surface area contributed by atoms with E-state index >= 15 is 0 Å². The molecule has 7 nitrogen and oxygen atoms in total. The molecule has 37 heavy (non-hydrogen) atoms. The van der Waals surface area contributed by atoms with Gasteiger partial charge in [0, 0.05) is 38.1 Å². The van der Waals surface area contributed by atoms with Crippen LogP contribution >= 0.6 is 0 Å². The highest BCUT2D eigenvalue weighted by atomic mass is 16.3. The first kappa shape index (κ1) is 23.3. The average molecular weight is 491 g/mol. The molecular formula is C30H30N6O. The summed E-state index contributed by atoms with van der Waals surface area (Å²) in [6.07, 6.45) is 4.45. The van der Waals surface area contributed by atoms with Gasteiger partial charge in [-0.05, 0) is 33.7 Å². The molecule has 1 unspecified atom stereocenters. The number of benzene rings is 3. The lowest BCUT2D eigenvalue weighted by atomic mass is 10.1. The van der Waals surface area contributed by atoms with Crippen molar-refractivity contribution in [3.05, 3.63) is 120 Å². The molecule has 0 amide bonds. The number of para-hydroxylation sites is 1. The standard InChI is InChI=1S/C30H30N6O/c1-3-10-24(11-4-1)14-9-17-34-18-20-35(21-19-34)29(28-22-26-15-7-8-16-27(26)37-28)30-31-32-33-36(30)23-25-12-5-2-6-13-25/h1-16,22,29H,17-21,23H2/b14-9+. The van der Waals surface area contributed by atoms with E-state index in [1.807, 2.05) is 47.1 Å². The summed E-state index contributed by atoms with van der Waals surface area (Å²) in [4.78, 5) is 4.93. The van der Waals surface area contributed by atoms with Crippen molar-refractivity contribution < 1.29 is 4.42 Å². The first-order valence-corrected chi connectivity index (χ1v) is 12.8. The summed E-state index contributed by atoms with van der Waals surface area (Å²) in [7, 11) is 0. The molecule has 6 rings (SSSR count). The number of hydrogen-bond acceptors (Lipinski definition) is 6. The Balaban J connectivity index is 1.23. The molecule has 0 saturated carbocycles. The van der Waals surface area contributed by atoms with E-state index in [1.165, 1.54) is 5.56 Å². The molecule has 3 aromatic carbocycles. The van der Waals surface area contributed by atoms with E-state index in [0.717, 1.165) is 60.8 Å². The Kier molecular flexibility index (Phi) is 6.88. The topological polar surface area (TPSA) is 63.2 Å². The van der Waals surface area contributed by atoms with E-state index in [1.54, 1.807) is 0 Å². The summed E-state index contributed by atoms with van der Waals surface area (Å²) in [6.45, 7) is 5.29. The van der Waals surface area contributed by atoms with Crippen LogP contribution in [-0.4, -0.2) is 62.7 Å². The highest BCUT2D eigenvalue weighted by Crippen LogP contribution is 2.32. The third-order valence-electron chi connectivity index (χ3n) is 6.94. The van der Waals surface area contributed by atoms with Crippen LogP contribution in [0, 0.1) is 0 Å². The molecule has 1 aliphatic rings. The van der Waals surface area contributed by atoms with Crippen molar-refractivity contribution in [2.45, 2.75) is 12.6 Å². The molecule has 0 N–H and O–H groups in total. The average Bonchev–Trinajstić information content (AvgIpc) is 3.58. The molecule has 1 aliphatic heterocycles. The second-order valence-electron chi connectivity index (χ2n) is 9.42. The summed E-state index contributed by atoms with van der Waals surface area (Å²) in [5.41, 5.74) is 3.28. The molecule has 1 atom stereocenters. The highest BCUT2D eigenvalue weighted by Gasteiger charge is 2.33. The minimum absolute atomic E-state index is 0.159. The van der Waals surface area contributed by atoms with Crippen molar-refractivity contribution in [2.75, 3.05) is 32.7 Å². The summed E-state index contributed by atoms with van der Waals surface area (Å²) >= 11 is 0. The first-order valence-electron chi connectivity index (χ1n) is 12.8. The minimum Gasteiger partial charge on any atom is -0.459 e. The van der Waals surface area contributed by atoms with Gasteiger partial charge in [0.2, 0.25) is 0 Å². The molecule has 1 saturated heterocycles. The number of nitrogens with zero attached hydrogens (tertiary/aromatic N) is 6. The van der Waals surface area contributed by atoms with E-state index in [9.17, 15) is 0 Å². The Morgan fingerprint density at radius 2 is 1.57 bits per heavy atom. The zero-order chi connectivity index (χ0) is 24.9. The van der Waals surface area contributed by atoms with Crippen LogP contribution in [0.5, 0.6) is 0 Å². The van der Waals surface area contributed by atoms with Crippen molar-refractivity contribution in [1.82, 2.24) is 30.0 Å². The molecular weight excluding hydrogens is 460 g/mol. The third-order valence-corrected chi connectivity index (χ3v) is 6.94. The third kappa shape index (κ3) is 5.38. The fourth-order valence-electron chi connectivity index (χ4n) is 4.99. The number of piperazine rings is 1. The predicted octanol–water partition coefficient (Wildman–Crippen LogP) is 4.89. The quantitative estimate of drug-likeness (QED) is 0.309. The minimum atomic E-state index is -0.159. The largest absolute Gasteiger partial charge is 0.459 e. The Morgan fingerprint density at radius 1 is 0.838 bits per heavy atom. The SMILES string of the molecule is C(=C\c1ccccc1)/CN1CCN(C(c2cc3ccccc3o2)c2nnnn2Cc2ccccc2)CC1. The summed E-state index contributed by atoms with van der Waals surface area (Å²) < 4.78 is 8.28. The van der Waals surface area contributed by atoms with Crippen molar-refractivity contribution >= 4 is 17.0 Å². The molecule has 0 radical (unpaired) electrons. The van der Waals surface area contributed by atoms with Gasteiger partial charge in [-0.2, -0.15) is 0 Å². The second kappa shape index (κ2) is 10.9. The van der Waals surface area contributed by atoms with Crippen LogP contribution in [0.4, 0.5) is 0 Å². The maximum atomic E-state index is 6.38. The maximum Gasteiger partial charge on any atom is 0.176 e. The number of aromatic nitrogens is 4. The van der Waals surface area contributed by atoms with Crippen LogP contribution in [0.15, 0.2) is 101 Å². The van der Waals surface area contributed by atoms with Crippen LogP contribution < -0.4 is 0 Å². The monoisotopic (exact) mass is 490 g/mol. The second-order valence-corrected chi connectivity index (χ2v) is 9.42. The van der Waals surface area contributed by atoms with Gasteiger partial charge in [-0.1, -0.05) is 91.0 Å². The van der Waals surface area contributed by atoms with Gasteiger partial charge < -0.3 is 4.42 Å². The van der Waals surface area contributed by atoms with Crippen LogP contribution in [0.3, 0.4) is 0 Å². The van der Waals surface area contributed by atoms with Crippen molar-refractivity contribution in [3.8, 4) is 0 Å². The fourth-order valence-corrected chi connectivity index (χ4v) is 4.99. The van der Waals surface area contributed by atoms with Gasteiger partial charge in [-0.15, -0.1) is 5.10 Å². The number of tetrazole rings is 1. The molecule has 2 aromatic heterocycles. The van der Waals surface area contributed by atoms with Crippen molar-refractivity contribution in [1.29, 1.82) is 0 Å². The fraction of sp³-hybridized carbons (Fsp3) is 0.233. The Hall–Kier alpha value is -4.07. The lowest BCUT2D eigenvalue weighted by molar-refractivity contribution is 0.104. The van der Waals surface area contributed by atoms with Crippen LogP contribution in [-0.2, 0) is 6.54 Å². The molecule has 186 valence electrons. The Morgan fingerprint density at radius 3 is 2.35 bits per heavy atom. The van der Waals surface area contributed by atoms with Gasteiger partial charge in [0.15, 0.2) is 5.82 Å². The number of rotatable bonds is 8. The molecule has 0 spiro atoms. The summed E-state index contributed by atoms with van der Waals surface area (Å²) in [6, 6.07) is 30.9. The van der Waals surface area contributed by atoms with E-state index in [2.05, 4.69) is 86.0 Å². The zero-order valence-electron chi connectivity index (χ0n) is 20.7. The van der Waals surface area contributed by atoms with Crippen LogP contribution in [0.2, 0.25) is 0 Å². The Bertz CT molecular complexity index is 1420. The van der Waals surface area contributed by atoms with Gasteiger partial charge in [-0.3, -0.25) is 9.80 Å². The van der Waals surface area contributed by atoms with E-state index < -0.39 is 0 Å². The number of furan rings is 1. The normalized spacial score (nSPS) is 16.0. The molecule has 0 bridgehead atoms. The lowest BCUT2D eigenvalue weighted by Crippen LogP contribution is -2.48. The van der Waals surface area contributed by atoms with E-state index in [4.69, 9.17) is 4.42 Å². The Labute approximate surface area is 216 Å². The van der Waals surface area contributed by atoms with Gasteiger partial charge in [0.1, 0.15) is 17.4 Å². The zero-order valence-corrected chi connectivity index (χ0v) is 20.7. The highest BCUT2D eigenvalue weighted by molar-refractivity contribution is 5.77. The summed E-state index contributed by atoms with van der Waals surface area (Å²) in [5.74, 6) is 1.68. The van der Waals surface area contributed by atoms with Gasteiger partial charge in [0.25, 0.3) is 0 Å². The van der Waals surface area contributed by atoms with Gasteiger partial charge in [-0.25, -0.2) is 4.68 Å². The van der Waals surface area contributed by atoms with Crippen molar-refractivity contribution in [3.63, 3.8) is 0 Å². The number of hydrogen-bond donors (Lipinski definition) is 0. The first-order chi connectivity index (χ1) is 18.3. The van der Waals surface area contributed by atoms with Crippen molar-refractivity contribution in [2.24, 2.45) is 0 Å². The van der Waals surface area contributed by atoms with Gasteiger partial charge >= 0.3 is 0 Å². The molecule has 3 heterocycles. The van der Waals surface area contributed by atoms with E-state index in [-0.39, 0.29) is 6.04 Å². The molecule has 5 aromatic rings. The molecule has 0 aliphatic carbocycles.